The Morgan fingerprint density at radius 3 is 2.84 bits per heavy atom. The third kappa shape index (κ3) is 3.26. The fraction of sp³-hybridized carbons (Fsp3) is 0.588. The smallest absolute Gasteiger partial charge is 0.274 e. The van der Waals surface area contributed by atoms with Gasteiger partial charge in [-0.2, -0.15) is 5.10 Å². The highest BCUT2D eigenvalue weighted by Crippen LogP contribution is 2.47. The second kappa shape index (κ2) is 6.51. The van der Waals surface area contributed by atoms with Gasteiger partial charge in [-0.25, -0.2) is 9.97 Å². The lowest BCUT2D eigenvalue weighted by Gasteiger charge is -2.15. The first kappa shape index (κ1) is 16.1. The minimum absolute atomic E-state index is 0.0618. The van der Waals surface area contributed by atoms with Crippen molar-refractivity contribution in [2.24, 2.45) is 11.8 Å². The van der Waals surface area contributed by atoms with Gasteiger partial charge in [0, 0.05) is 32.3 Å². The second-order valence-electron chi connectivity index (χ2n) is 6.93. The normalized spacial score (nSPS) is 23.2. The maximum absolute atomic E-state index is 12.8. The van der Waals surface area contributed by atoms with Crippen molar-refractivity contribution >= 4 is 5.91 Å². The molecule has 2 aliphatic rings. The Balaban J connectivity index is 1.53. The Bertz CT molecular complexity index is 755. The Labute approximate surface area is 146 Å². The molecule has 0 spiro atoms. The molecule has 0 aromatic carbocycles. The minimum atomic E-state index is -0.0618. The summed E-state index contributed by atoms with van der Waals surface area (Å²) in [4.78, 5) is 27.6. The van der Waals surface area contributed by atoms with Gasteiger partial charge in [0.1, 0.15) is 12.3 Å². The van der Waals surface area contributed by atoms with Crippen LogP contribution in [0.3, 0.4) is 0 Å². The van der Waals surface area contributed by atoms with Gasteiger partial charge in [-0.15, -0.1) is 0 Å². The molecule has 8 heteroatoms. The zero-order chi connectivity index (χ0) is 17.4. The molecule has 4 rings (SSSR count). The van der Waals surface area contributed by atoms with Crippen LogP contribution in [0.15, 0.2) is 12.4 Å². The van der Waals surface area contributed by atoms with Gasteiger partial charge < -0.3 is 9.64 Å². The average molecular weight is 342 g/mol. The lowest BCUT2D eigenvalue weighted by Crippen LogP contribution is -2.30. The predicted octanol–water partition coefficient (Wildman–Crippen LogP) is 1.32. The Kier molecular flexibility index (Phi) is 4.20. The molecule has 3 heterocycles. The Morgan fingerprint density at radius 1 is 1.32 bits per heavy atom. The van der Waals surface area contributed by atoms with Crippen LogP contribution in [0.5, 0.6) is 0 Å². The zero-order valence-electron chi connectivity index (χ0n) is 14.5. The lowest BCUT2D eigenvalue weighted by atomic mass is 9.91. The number of rotatable bonds is 5. The first-order chi connectivity index (χ1) is 12.2. The maximum Gasteiger partial charge on any atom is 0.274 e. The summed E-state index contributed by atoms with van der Waals surface area (Å²) < 4.78 is 5.10. The van der Waals surface area contributed by atoms with E-state index in [9.17, 15) is 4.79 Å². The van der Waals surface area contributed by atoms with Gasteiger partial charge in [-0.3, -0.25) is 14.9 Å². The molecule has 2 aromatic rings. The van der Waals surface area contributed by atoms with E-state index in [4.69, 9.17) is 4.74 Å². The summed E-state index contributed by atoms with van der Waals surface area (Å²) in [6.45, 7) is 3.63. The fourth-order valence-electron chi connectivity index (χ4n) is 3.61. The van der Waals surface area contributed by atoms with E-state index in [2.05, 4.69) is 25.1 Å². The molecular weight excluding hydrogens is 320 g/mol. The fourth-order valence-corrected chi connectivity index (χ4v) is 3.61. The van der Waals surface area contributed by atoms with Crippen molar-refractivity contribution in [1.82, 2.24) is 30.0 Å². The van der Waals surface area contributed by atoms with E-state index >= 15 is 0 Å². The molecule has 1 saturated heterocycles. The van der Waals surface area contributed by atoms with Crippen LogP contribution in [0, 0.1) is 18.8 Å². The third-order valence-corrected chi connectivity index (χ3v) is 5.04. The first-order valence-corrected chi connectivity index (χ1v) is 8.63. The number of likely N-dealkylation sites (tertiary alicyclic amines) is 1. The number of H-pyrrole nitrogens is 1. The Morgan fingerprint density at radius 2 is 2.16 bits per heavy atom. The number of carbonyl (C=O) groups excluding carboxylic acids is 1. The molecule has 25 heavy (non-hydrogen) atoms. The molecule has 1 aliphatic carbocycles. The van der Waals surface area contributed by atoms with Crippen LogP contribution in [-0.4, -0.2) is 56.2 Å². The summed E-state index contributed by atoms with van der Waals surface area (Å²) in [5.41, 5.74) is 1.20. The number of aromatic amines is 1. The van der Waals surface area contributed by atoms with Gasteiger partial charge in [-0.1, -0.05) is 0 Å². The van der Waals surface area contributed by atoms with E-state index in [1.807, 2.05) is 11.8 Å². The summed E-state index contributed by atoms with van der Waals surface area (Å²) in [6.07, 6.45) is 5.64. The van der Waals surface area contributed by atoms with Gasteiger partial charge in [-0.05, 0) is 31.6 Å². The first-order valence-electron chi connectivity index (χ1n) is 8.63. The van der Waals surface area contributed by atoms with Crippen molar-refractivity contribution in [3.8, 4) is 0 Å². The molecule has 0 bridgehead atoms. The van der Waals surface area contributed by atoms with Crippen LogP contribution in [0.25, 0.3) is 0 Å². The second-order valence-corrected chi connectivity index (χ2v) is 6.93. The number of amides is 1. The van der Waals surface area contributed by atoms with Crippen LogP contribution in [-0.2, 0) is 11.3 Å². The van der Waals surface area contributed by atoms with Crippen LogP contribution < -0.4 is 0 Å². The van der Waals surface area contributed by atoms with Gasteiger partial charge in [0.05, 0.1) is 11.9 Å². The largest absolute Gasteiger partial charge is 0.377 e. The summed E-state index contributed by atoms with van der Waals surface area (Å²) in [5, 5.41) is 7.31. The lowest BCUT2D eigenvalue weighted by molar-refractivity contribution is 0.0778. The van der Waals surface area contributed by atoms with Crippen LogP contribution in [0.1, 0.15) is 46.6 Å². The van der Waals surface area contributed by atoms with E-state index in [1.54, 1.807) is 19.5 Å². The monoisotopic (exact) mass is 342 g/mol. The van der Waals surface area contributed by atoms with Crippen molar-refractivity contribution in [3.63, 3.8) is 0 Å². The minimum Gasteiger partial charge on any atom is -0.377 e. The number of methoxy groups -OCH3 is 1. The SMILES string of the molecule is COCc1nc([C@H]2CN(C(=O)c3cnc(C)cn3)C[C@@H]2C2CC2)n[nH]1. The molecule has 2 aromatic heterocycles. The van der Waals surface area contributed by atoms with Crippen LogP contribution >= 0.6 is 0 Å². The summed E-state index contributed by atoms with van der Waals surface area (Å²) in [5.74, 6) is 2.69. The van der Waals surface area contributed by atoms with Gasteiger partial charge >= 0.3 is 0 Å². The van der Waals surface area contributed by atoms with Gasteiger partial charge in [0.25, 0.3) is 5.91 Å². The number of aryl methyl sites for hydroxylation is 1. The molecular formula is C17H22N6O2. The van der Waals surface area contributed by atoms with Crippen molar-refractivity contribution in [1.29, 1.82) is 0 Å². The summed E-state index contributed by atoms with van der Waals surface area (Å²) >= 11 is 0. The van der Waals surface area contributed by atoms with Crippen molar-refractivity contribution < 1.29 is 9.53 Å². The summed E-state index contributed by atoms with van der Waals surface area (Å²) in [6, 6.07) is 0. The quantitative estimate of drug-likeness (QED) is 0.880. The molecule has 1 amide bonds. The number of nitrogens with one attached hydrogen (secondary N) is 1. The standard InChI is InChI=1S/C17H22N6O2/c1-10-5-19-14(6-18-10)17(24)23-7-12(11-3-4-11)13(8-23)16-20-15(9-25-2)21-22-16/h5-6,11-13H,3-4,7-9H2,1-2H3,(H,20,21,22)/t12-,13+/m1/s1. The van der Waals surface area contributed by atoms with E-state index < -0.39 is 0 Å². The highest BCUT2D eigenvalue weighted by atomic mass is 16.5. The van der Waals surface area contributed by atoms with E-state index in [0.717, 1.165) is 23.9 Å². The molecule has 0 unspecified atom stereocenters. The highest BCUT2D eigenvalue weighted by Gasteiger charge is 2.46. The molecule has 1 N–H and O–H groups in total. The average Bonchev–Trinajstić information content (AvgIpc) is 3.19. The number of hydrogen-bond donors (Lipinski definition) is 1. The van der Waals surface area contributed by atoms with E-state index in [1.165, 1.54) is 12.8 Å². The number of nitrogens with zero attached hydrogens (tertiary/aromatic N) is 5. The van der Waals surface area contributed by atoms with Crippen molar-refractivity contribution in [2.45, 2.75) is 32.3 Å². The number of ether oxygens (including phenoxy) is 1. The molecule has 132 valence electrons. The molecule has 0 radical (unpaired) electrons. The molecule has 1 aliphatic heterocycles. The van der Waals surface area contributed by atoms with Gasteiger partial charge in [0.2, 0.25) is 0 Å². The number of carbonyl (C=O) groups is 1. The van der Waals surface area contributed by atoms with Gasteiger partial charge in [0.15, 0.2) is 11.6 Å². The van der Waals surface area contributed by atoms with Crippen LogP contribution in [0.4, 0.5) is 0 Å². The molecule has 2 atom stereocenters. The summed E-state index contributed by atoms with van der Waals surface area (Å²) in [7, 11) is 1.63. The third-order valence-electron chi connectivity index (χ3n) is 5.04. The number of aromatic nitrogens is 5. The van der Waals surface area contributed by atoms with Crippen molar-refractivity contribution in [2.75, 3.05) is 20.2 Å². The Hall–Kier alpha value is -2.35. The van der Waals surface area contributed by atoms with Crippen molar-refractivity contribution in [3.05, 3.63) is 35.4 Å². The molecule has 1 saturated carbocycles. The molecule has 8 nitrogen and oxygen atoms in total. The zero-order valence-corrected chi connectivity index (χ0v) is 14.5. The maximum atomic E-state index is 12.8. The van der Waals surface area contributed by atoms with E-state index in [-0.39, 0.29) is 11.8 Å². The number of hydrogen-bond acceptors (Lipinski definition) is 6. The molecule has 2 fully saturated rings. The highest BCUT2D eigenvalue weighted by molar-refractivity contribution is 5.92. The van der Waals surface area contributed by atoms with Crippen LogP contribution in [0.2, 0.25) is 0 Å². The van der Waals surface area contributed by atoms with E-state index in [0.29, 0.717) is 30.7 Å². The topological polar surface area (TPSA) is 96.9 Å². The predicted molar refractivity (Wildman–Crippen MR) is 88.7 cm³/mol.